The van der Waals surface area contributed by atoms with Gasteiger partial charge >= 0.3 is 0 Å². The van der Waals surface area contributed by atoms with Crippen molar-refractivity contribution < 1.29 is 4.79 Å². The minimum absolute atomic E-state index is 0.0716. The van der Waals surface area contributed by atoms with Gasteiger partial charge in [-0.1, -0.05) is 18.2 Å². The van der Waals surface area contributed by atoms with Gasteiger partial charge in [-0.2, -0.15) is 5.26 Å². The highest BCUT2D eigenvalue weighted by Gasteiger charge is 2.35. The summed E-state index contributed by atoms with van der Waals surface area (Å²) in [7, 11) is 0. The maximum Gasteiger partial charge on any atom is 0.277 e. The highest BCUT2D eigenvalue weighted by atomic mass is 16.2. The van der Waals surface area contributed by atoms with Gasteiger partial charge in [0.1, 0.15) is 5.71 Å². The summed E-state index contributed by atoms with van der Waals surface area (Å²) in [4.78, 5) is 18.9. The van der Waals surface area contributed by atoms with Crippen LogP contribution in [0.2, 0.25) is 0 Å². The average molecular weight is 289 g/mol. The molecule has 22 heavy (non-hydrogen) atoms. The van der Waals surface area contributed by atoms with Crippen LogP contribution in [0.15, 0.2) is 53.5 Å². The van der Waals surface area contributed by atoms with Crippen LogP contribution in [0.3, 0.4) is 0 Å². The van der Waals surface area contributed by atoms with Gasteiger partial charge in [-0.25, -0.2) is 4.99 Å². The second-order valence-electron chi connectivity index (χ2n) is 5.41. The molecule has 2 aromatic carbocycles. The van der Waals surface area contributed by atoms with E-state index in [-0.39, 0.29) is 11.9 Å². The molecule has 0 saturated heterocycles. The first-order valence-corrected chi connectivity index (χ1v) is 7.13. The van der Waals surface area contributed by atoms with Crippen LogP contribution in [-0.2, 0) is 4.79 Å². The van der Waals surface area contributed by atoms with Crippen LogP contribution in [0.5, 0.6) is 0 Å². The van der Waals surface area contributed by atoms with Crippen LogP contribution >= 0.6 is 0 Å². The maximum absolute atomic E-state index is 12.7. The Kier molecular flexibility index (Phi) is 3.48. The van der Waals surface area contributed by atoms with Crippen LogP contribution in [0, 0.1) is 11.3 Å². The fourth-order valence-corrected chi connectivity index (χ4v) is 2.58. The monoisotopic (exact) mass is 289 g/mol. The second kappa shape index (κ2) is 5.45. The van der Waals surface area contributed by atoms with Gasteiger partial charge in [0.2, 0.25) is 0 Å². The number of hydrogen-bond acceptors (Lipinski definition) is 3. The summed E-state index contributed by atoms with van der Waals surface area (Å²) in [5.74, 6) is -0.0828. The van der Waals surface area contributed by atoms with Crippen molar-refractivity contribution in [2.75, 3.05) is 4.90 Å². The molecule has 0 saturated carbocycles. The van der Waals surface area contributed by atoms with E-state index >= 15 is 0 Å². The van der Waals surface area contributed by atoms with Crippen molar-refractivity contribution in [3.05, 3.63) is 59.7 Å². The highest BCUT2D eigenvalue weighted by molar-refractivity contribution is 6.54. The Morgan fingerprint density at radius 3 is 2.41 bits per heavy atom. The SMILES string of the molecule is CC(C)N1C(=O)C(=Nc2ccc(C#N)cc2)c2ccccc21. The third-order valence-electron chi connectivity index (χ3n) is 3.59. The zero-order chi connectivity index (χ0) is 15.7. The fourth-order valence-electron chi connectivity index (χ4n) is 2.58. The Hall–Kier alpha value is -2.93. The molecule has 1 amide bonds. The van der Waals surface area contributed by atoms with Crippen molar-refractivity contribution in [1.82, 2.24) is 0 Å². The number of anilines is 1. The average Bonchev–Trinajstić information content (AvgIpc) is 2.81. The Balaban J connectivity index is 2.08. The molecule has 0 aromatic heterocycles. The molecule has 1 aliphatic rings. The highest BCUT2D eigenvalue weighted by Crippen LogP contribution is 2.32. The number of fused-ring (bicyclic) bond motifs is 1. The lowest BCUT2D eigenvalue weighted by molar-refractivity contribution is -0.112. The molecular weight excluding hydrogens is 274 g/mol. The molecular formula is C18H15N3O. The number of para-hydroxylation sites is 1. The molecule has 0 aliphatic carbocycles. The minimum Gasteiger partial charge on any atom is -0.304 e. The van der Waals surface area contributed by atoms with Crippen molar-refractivity contribution in [2.24, 2.45) is 4.99 Å². The molecule has 108 valence electrons. The quantitative estimate of drug-likeness (QED) is 0.850. The molecule has 0 bridgehead atoms. The normalized spacial score (nSPS) is 15.3. The Labute approximate surface area is 129 Å². The second-order valence-corrected chi connectivity index (χ2v) is 5.41. The van der Waals surface area contributed by atoms with Gasteiger partial charge in [0.25, 0.3) is 5.91 Å². The maximum atomic E-state index is 12.7. The summed E-state index contributed by atoms with van der Waals surface area (Å²) in [5.41, 5.74) is 3.45. The van der Waals surface area contributed by atoms with Crippen molar-refractivity contribution in [2.45, 2.75) is 19.9 Å². The summed E-state index contributed by atoms with van der Waals surface area (Å²) < 4.78 is 0. The van der Waals surface area contributed by atoms with Crippen LogP contribution in [0.4, 0.5) is 11.4 Å². The van der Waals surface area contributed by atoms with E-state index < -0.39 is 0 Å². The Morgan fingerprint density at radius 2 is 1.77 bits per heavy atom. The number of nitrogens with zero attached hydrogens (tertiary/aromatic N) is 3. The lowest BCUT2D eigenvalue weighted by atomic mass is 10.1. The Bertz CT molecular complexity index is 798. The van der Waals surface area contributed by atoms with E-state index in [0.717, 1.165) is 11.3 Å². The fraction of sp³-hybridized carbons (Fsp3) is 0.167. The predicted molar refractivity (Wildman–Crippen MR) is 86.4 cm³/mol. The van der Waals surface area contributed by atoms with E-state index in [2.05, 4.69) is 11.1 Å². The molecule has 0 spiro atoms. The van der Waals surface area contributed by atoms with E-state index in [1.165, 1.54) is 0 Å². The molecule has 4 heteroatoms. The number of amides is 1. The molecule has 1 heterocycles. The molecule has 0 N–H and O–H groups in total. The van der Waals surface area contributed by atoms with Crippen LogP contribution in [0.25, 0.3) is 0 Å². The van der Waals surface area contributed by atoms with Gasteiger partial charge in [-0.15, -0.1) is 0 Å². The summed E-state index contributed by atoms with van der Waals surface area (Å²) in [6.07, 6.45) is 0. The van der Waals surface area contributed by atoms with Gasteiger partial charge in [-0.3, -0.25) is 4.79 Å². The number of benzene rings is 2. The first kappa shape index (κ1) is 14.0. The third-order valence-corrected chi connectivity index (χ3v) is 3.59. The molecule has 1 aliphatic heterocycles. The molecule has 0 radical (unpaired) electrons. The van der Waals surface area contributed by atoms with Gasteiger partial charge < -0.3 is 4.90 Å². The number of hydrogen-bond donors (Lipinski definition) is 0. The number of rotatable bonds is 2. The number of nitriles is 1. The number of carbonyl (C=O) groups is 1. The van der Waals surface area contributed by atoms with E-state index in [4.69, 9.17) is 5.26 Å². The van der Waals surface area contributed by atoms with Gasteiger partial charge in [0, 0.05) is 11.6 Å². The van der Waals surface area contributed by atoms with Crippen molar-refractivity contribution in [1.29, 1.82) is 5.26 Å². The number of carbonyl (C=O) groups excluding carboxylic acids is 1. The van der Waals surface area contributed by atoms with Gasteiger partial charge in [-0.05, 0) is 44.2 Å². The van der Waals surface area contributed by atoms with E-state index in [9.17, 15) is 4.79 Å². The lowest BCUT2D eigenvalue weighted by Crippen LogP contribution is -2.35. The topological polar surface area (TPSA) is 56.5 Å². The van der Waals surface area contributed by atoms with Crippen molar-refractivity contribution in [3.8, 4) is 6.07 Å². The van der Waals surface area contributed by atoms with Crippen molar-refractivity contribution >= 4 is 23.0 Å². The van der Waals surface area contributed by atoms with Crippen LogP contribution < -0.4 is 4.90 Å². The van der Waals surface area contributed by atoms with Gasteiger partial charge in [0.05, 0.1) is 23.0 Å². The summed E-state index contributed by atoms with van der Waals surface area (Å²) >= 11 is 0. The van der Waals surface area contributed by atoms with E-state index in [0.29, 0.717) is 17.0 Å². The molecule has 2 aromatic rings. The standard InChI is InChI=1S/C18H15N3O/c1-12(2)21-16-6-4-3-5-15(16)17(18(21)22)20-14-9-7-13(11-19)8-10-14/h3-10,12H,1-2H3. The first-order chi connectivity index (χ1) is 10.6. The Morgan fingerprint density at radius 1 is 1.09 bits per heavy atom. The van der Waals surface area contributed by atoms with E-state index in [1.54, 1.807) is 29.2 Å². The van der Waals surface area contributed by atoms with Gasteiger partial charge in [0.15, 0.2) is 0 Å². The first-order valence-electron chi connectivity index (χ1n) is 7.13. The molecule has 0 atom stereocenters. The minimum atomic E-state index is -0.0828. The number of aliphatic imine (C=N–C) groups is 1. The van der Waals surface area contributed by atoms with Crippen LogP contribution in [-0.4, -0.2) is 17.7 Å². The zero-order valence-electron chi connectivity index (χ0n) is 12.4. The summed E-state index contributed by atoms with van der Waals surface area (Å²) in [6.45, 7) is 3.97. The predicted octanol–water partition coefficient (Wildman–Crippen LogP) is 3.43. The zero-order valence-corrected chi connectivity index (χ0v) is 12.4. The smallest absolute Gasteiger partial charge is 0.277 e. The lowest BCUT2D eigenvalue weighted by Gasteiger charge is -2.20. The van der Waals surface area contributed by atoms with Crippen LogP contribution in [0.1, 0.15) is 25.0 Å². The molecule has 0 unspecified atom stereocenters. The molecule has 4 nitrogen and oxygen atoms in total. The molecule has 3 rings (SSSR count). The molecule has 0 fully saturated rings. The van der Waals surface area contributed by atoms with E-state index in [1.807, 2.05) is 38.1 Å². The third kappa shape index (κ3) is 2.27. The summed E-state index contributed by atoms with van der Waals surface area (Å²) in [5, 5.41) is 8.83. The largest absolute Gasteiger partial charge is 0.304 e. The van der Waals surface area contributed by atoms with Crippen molar-refractivity contribution in [3.63, 3.8) is 0 Å². The summed E-state index contributed by atoms with van der Waals surface area (Å²) in [6, 6.07) is 16.7.